The third-order valence-corrected chi connectivity index (χ3v) is 4.73. The van der Waals surface area contributed by atoms with Crippen LogP contribution in [0.1, 0.15) is 28.8 Å². The van der Waals surface area contributed by atoms with Crippen LogP contribution in [-0.2, 0) is 16.1 Å². The first kappa shape index (κ1) is 22.3. The van der Waals surface area contributed by atoms with Gasteiger partial charge < -0.3 is 32.9 Å². The Morgan fingerprint density at radius 3 is 2.41 bits per heavy atom. The second-order valence-electron chi connectivity index (χ2n) is 7.12. The number of fused-ring (bicyclic) bond motifs is 1. The highest BCUT2D eigenvalue weighted by Crippen LogP contribution is 2.21. The van der Waals surface area contributed by atoms with Crippen molar-refractivity contribution in [2.45, 2.75) is 25.4 Å². The van der Waals surface area contributed by atoms with Gasteiger partial charge in [0.15, 0.2) is 0 Å². The average Bonchev–Trinajstić information content (AvgIpc) is 2.75. The highest BCUT2D eigenvalue weighted by Gasteiger charge is 2.21. The lowest BCUT2D eigenvalue weighted by Crippen LogP contribution is -2.41. The second kappa shape index (κ2) is 9.60. The van der Waals surface area contributed by atoms with Gasteiger partial charge >= 0.3 is 5.97 Å². The van der Waals surface area contributed by atoms with Crippen molar-refractivity contribution in [1.29, 1.82) is 0 Å². The Morgan fingerprint density at radius 1 is 1.03 bits per heavy atom. The molecule has 0 fully saturated rings. The fourth-order valence-corrected chi connectivity index (χ4v) is 3.06. The zero-order chi connectivity index (χ0) is 23.3. The molecule has 3 aromatic rings. The van der Waals surface area contributed by atoms with Crippen molar-refractivity contribution in [3.05, 3.63) is 53.6 Å². The number of aliphatic carboxylic acids is 1. The number of nitrogen functional groups attached to an aromatic ring is 2. The summed E-state index contributed by atoms with van der Waals surface area (Å²) in [5, 5.41) is 15.5. The zero-order valence-corrected chi connectivity index (χ0v) is 17.0. The van der Waals surface area contributed by atoms with E-state index in [0.29, 0.717) is 23.3 Å². The molecule has 166 valence electrons. The fourth-order valence-electron chi connectivity index (χ4n) is 3.06. The third-order valence-electron chi connectivity index (χ3n) is 4.73. The topological polar surface area (TPSA) is 199 Å². The number of nitrogens with zero attached hydrogens (tertiary/aromatic N) is 2. The number of hydrogen-bond acceptors (Lipinski definition) is 8. The predicted molar refractivity (Wildman–Crippen MR) is 119 cm³/mol. The third kappa shape index (κ3) is 5.59. The second-order valence-corrected chi connectivity index (χ2v) is 7.12. The number of carboxylic acids is 1. The summed E-state index contributed by atoms with van der Waals surface area (Å²) in [4.78, 5) is 42.6. The van der Waals surface area contributed by atoms with E-state index in [1.165, 1.54) is 0 Å². The van der Waals surface area contributed by atoms with E-state index in [4.69, 9.17) is 17.2 Å². The first-order chi connectivity index (χ1) is 15.2. The normalized spacial score (nSPS) is 11.6. The van der Waals surface area contributed by atoms with Crippen LogP contribution in [0.3, 0.4) is 0 Å². The molecular weight excluding hydrogens is 414 g/mol. The molecule has 0 spiro atoms. The van der Waals surface area contributed by atoms with Crippen LogP contribution < -0.4 is 27.8 Å². The Hall–Kier alpha value is -4.41. The van der Waals surface area contributed by atoms with Gasteiger partial charge in [0.05, 0.1) is 5.52 Å². The monoisotopic (exact) mass is 437 g/mol. The van der Waals surface area contributed by atoms with E-state index >= 15 is 0 Å². The van der Waals surface area contributed by atoms with Gasteiger partial charge in [-0.25, -0.2) is 9.78 Å². The van der Waals surface area contributed by atoms with Gasteiger partial charge in [-0.1, -0.05) is 6.07 Å². The lowest BCUT2D eigenvalue weighted by molar-refractivity contribution is -0.139. The highest BCUT2D eigenvalue weighted by atomic mass is 16.4. The zero-order valence-electron chi connectivity index (χ0n) is 17.0. The molecule has 0 aliphatic carbocycles. The molecule has 11 nitrogen and oxygen atoms in total. The van der Waals surface area contributed by atoms with Gasteiger partial charge in [-0.05, 0) is 48.4 Å². The number of aromatic nitrogens is 2. The lowest BCUT2D eigenvalue weighted by atomic mass is 10.1. The van der Waals surface area contributed by atoms with Crippen molar-refractivity contribution in [1.82, 2.24) is 15.3 Å². The molecule has 1 atom stereocenters. The van der Waals surface area contributed by atoms with Crippen LogP contribution in [0, 0.1) is 0 Å². The number of primary amides is 1. The Labute approximate surface area is 183 Å². The van der Waals surface area contributed by atoms with Crippen LogP contribution in [0.4, 0.5) is 17.5 Å². The number of carbonyl (C=O) groups excluding carboxylic acids is 2. The Bertz CT molecular complexity index is 1160. The van der Waals surface area contributed by atoms with Gasteiger partial charge in [-0.3, -0.25) is 9.59 Å². The Balaban J connectivity index is 1.62. The molecule has 11 heteroatoms. The van der Waals surface area contributed by atoms with Crippen molar-refractivity contribution < 1.29 is 19.5 Å². The molecule has 0 saturated carbocycles. The van der Waals surface area contributed by atoms with Gasteiger partial charge in [-0.2, -0.15) is 4.98 Å². The molecule has 1 aromatic heterocycles. The van der Waals surface area contributed by atoms with E-state index in [1.807, 2.05) is 18.2 Å². The van der Waals surface area contributed by atoms with Crippen LogP contribution in [0.5, 0.6) is 0 Å². The summed E-state index contributed by atoms with van der Waals surface area (Å²) in [5.74, 6) is -2.00. The van der Waals surface area contributed by atoms with Crippen LogP contribution in [-0.4, -0.2) is 38.9 Å². The van der Waals surface area contributed by atoms with Crippen LogP contribution in [0.2, 0.25) is 0 Å². The van der Waals surface area contributed by atoms with Gasteiger partial charge in [-0.15, -0.1) is 0 Å². The summed E-state index contributed by atoms with van der Waals surface area (Å²) in [7, 11) is 0. The summed E-state index contributed by atoms with van der Waals surface area (Å²) < 4.78 is 0. The van der Waals surface area contributed by atoms with E-state index in [2.05, 4.69) is 20.6 Å². The van der Waals surface area contributed by atoms with E-state index in [0.717, 1.165) is 11.3 Å². The number of nitrogens with two attached hydrogens (primary N) is 3. The minimum Gasteiger partial charge on any atom is -0.480 e. The maximum atomic E-state index is 12.3. The predicted octanol–water partition coefficient (Wildman–Crippen LogP) is 0.855. The van der Waals surface area contributed by atoms with E-state index < -0.39 is 23.8 Å². The van der Waals surface area contributed by atoms with Gasteiger partial charge in [0.2, 0.25) is 11.9 Å². The molecule has 0 aliphatic heterocycles. The van der Waals surface area contributed by atoms with Crippen LogP contribution >= 0.6 is 0 Å². The Kier molecular flexibility index (Phi) is 6.68. The van der Waals surface area contributed by atoms with Crippen molar-refractivity contribution >= 4 is 46.1 Å². The quantitative estimate of drug-likeness (QED) is 0.281. The fraction of sp³-hybridized carbons (Fsp3) is 0.190. The summed E-state index contributed by atoms with van der Waals surface area (Å²) in [6.07, 6.45) is -0.218. The molecule has 3 rings (SSSR count). The summed E-state index contributed by atoms with van der Waals surface area (Å²) in [5.41, 5.74) is 19.2. The van der Waals surface area contributed by atoms with Crippen LogP contribution in [0.25, 0.3) is 10.9 Å². The lowest BCUT2D eigenvalue weighted by Gasteiger charge is -2.14. The van der Waals surface area contributed by atoms with E-state index in [-0.39, 0.29) is 24.4 Å². The van der Waals surface area contributed by atoms with Crippen molar-refractivity contribution in [3.63, 3.8) is 0 Å². The molecule has 1 unspecified atom stereocenters. The number of rotatable bonds is 9. The number of hydrogen-bond donors (Lipinski definition) is 6. The molecule has 2 aromatic carbocycles. The highest BCUT2D eigenvalue weighted by molar-refractivity contribution is 5.97. The molecule has 0 bridgehead atoms. The molecule has 9 N–H and O–H groups in total. The minimum absolute atomic E-state index is 0.0794. The number of benzene rings is 2. The first-order valence-electron chi connectivity index (χ1n) is 9.70. The minimum atomic E-state index is -1.23. The number of carboxylic acid groups (broad SMARTS) is 1. The maximum absolute atomic E-state index is 12.3. The van der Waals surface area contributed by atoms with Gasteiger partial charge in [0, 0.05) is 29.6 Å². The smallest absolute Gasteiger partial charge is 0.326 e. The average molecular weight is 437 g/mol. The Morgan fingerprint density at radius 2 is 1.75 bits per heavy atom. The van der Waals surface area contributed by atoms with Gasteiger partial charge in [0.1, 0.15) is 11.9 Å². The van der Waals surface area contributed by atoms with Crippen molar-refractivity contribution in [3.8, 4) is 0 Å². The molecule has 32 heavy (non-hydrogen) atoms. The number of amides is 2. The SMILES string of the molecule is NC(=O)CCC(NC(=O)c1ccc(NCc2ccc3nc(N)nc(N)c3c2)cc1)C(=O)O. The number of nitrogens with one attached hydrogen (secondary N) is 2. The molecule has 2 amide bonds. The van der Waals surface area contributed by atoms with Gasteiger partial charge in [0.25, 0.3) is 5.91 Å². The van der Waals surface area contributed by atoms with Crippen molar-refractivity contribution in [2.24, 2.45) is 5.73 Å². The van der Waals surface area contributed by atoms with Crippen molar-refractivity contribution in [2.75, 3.05) is 16.8 Å². The molecule has 0 aliphatic rings. The van der Waals surface area contributed by atoms with Crippen LogP contribution in [0.15, 0.2) is 42.5 Å². The van der Waals surface area contributed by atoms with E-state index in [9.17, 15) is 19.5 Å². The maximum Gasteiger partial charge on any atom is 0.326 e. The molecule has 0 saturated heterocycles. The molecule has 1 heterocycles. The molecular formula is C21H23N7O4. The first-order valence-corrected chi connectivity index (χ1v) is 9.70. The number of anilines is 3. The summed E-state index contributed by atoms with van der Waals surface area (Å²) in [6, 6.07) is 10.9. The van der Waals surface area contributed by atoms with E-state index in [1.54, 1.807) is 24.3 Å². The summed E-state index contributed by atoms with van der Waals surface area (Å²) >= 11 is 0. The summed E-state index contributed by atoms with van der Waals surface area (Å²) in [6.45, 7) is 0.486. The number of carbonyl (C=O) groups is 3. The standard InChI is InChI=1S/C21H23N7O4/c22-17(29)8-7-16(20(31)32)26-19(30)12-2-4-13(5-3-12)25-10-11-1-6-15-14(9-11)18(23)28-21(24)27-15/h1-6,9,16,25H,7-8,10H2,(H2,22,29)(H,26,30)(H,31,32)(H4,23,24,27,28). The largest absolute Gasteiger partial charge is 0.480 e. The molecule has 0 radical (unpaired) electrons.